The Morgan fingerprint density at radius 1 is 0.872 bits per heavy atom. The molecule has 0 radical (unpaired) electrons. The van der Waals surface area contributed by atoms with Gasteiger partial charge in [0.05, 0.1) is 20.3 Å². The van der Waals surface area contributed by atoms with Crippen LogP contribution in [0, 0.1) is 0 Å². The highest BCUT2D eigenvalue weighted by molar-refractivity contribution is 6.04. The van der Waals surface area contributed by atoms with Crippen LogP contribution in [0.15, 0.2) is 42.1 Å². The molecule has 0 spiro atoms. The first-order valence-electron chi connectivity index (χ1n) is 15.3. The number of imide groups is 1. The fourth-order valence-corrected chi connectivity index (χ4v) is 4.94. The monoisotopic (exact) mass is 540 g/mol. The molecule has 218 valence electrons. The molecule has 6 nitrogen and oxygen atoms in total. The molecule has 0 saturated heterocycles. The molecular weight excluding hydrogens is 488 g/mol. The highest BCUT2D eigenvalue weighted by Crippen LogP contribution is 2.29. The Morgan fingerprint density at radius 3 is 2.10 bits per heavy atom. The Kier molecular flexibility index (Phi) is 16.1. The van der Waals surface area contributed by atoms with Crippen molar-refractivity contribution in [2.45, 2.75) is 104 Å². The first-order valence-corrected chi connectivity index (χ1v) is 15.3. The lowest BCUT2D eigenvalue weighted by atomic mass is 10.1. The van der Waals surface area contributed by atoms with E-state index in [-0.39, 0.29) is 18.4 Å². The number of amides is 2. The molecule has 2 amide bonds. The summed E-state index contributed by atoms with van der Waals surface area (Å²) >= 11 is 0. The van der Waals surface area contributed by atoms with Crippen molar-refractivity contribution in [1.82, 2.24) is 9.80 Å². The molecular formula is C33H52N2O4. The smallest absolute Gasteiger partial charge is 0.260 e. The predicted molar refractivity (Wildman–Crippen MR) is 160 cm³/mol. The standard InChI is InChI=1S/C33H52N2O4/c1-5-7-8-9-10-11-12-13-14-15-16-19-25-39-32-26-29(21-22-31(32)38-4)33(37)35(28(3)36)27-30-20-17-18-24-34(30)23-6-2/h17-18,20-22,26H,5-16,19,23-25,27H2,1-4H3. The average Bonchev–Trinajstić information content (AvgIpc) is 2.94. The van der Waals surface area contributed by atoms with Gasteiger partial charge in [-0.3, -0.25) is 14.5 Å². The van der Waals surface area contributed by atoms with Crippen molar-refractivity contribution in [2.24, 2.45) is 0 Å². The summed E-state index contributed by atoms with van der Waals surface area (Å²) in [4.78, 5) is 29.4. The molecule has 1 heterocycles. The number of nitrogens with zero attached hydrogens (tertiary/aromatic N) is 2. The van der Waals surface area contributed by atoms with Crippen molar-refractivity contribution >= 4 is 11.8 Å². The van der Waals surface area contributed by atoms with E-state index < -0.39 is 0 Å². The second-order valence-corrected chi connectivity index (χ2v) is 10.5. The minimum atomic E-state index is -0.327. The van der Waals surface area contributed by atoms with E-state index in [1.165, 1.54) is 76.0 Å². The quantitative estimate of drug-likeness (QED) is 0.157. The summed E-state index contributed by atoms with van der Waals surface area (Å²) in [7, 11) is 1.60. The Morgan fingerprint density at radius 2 is 1.51 bits per heavy atom. The molecule has 6 heteroatoms. The van der Waals surface area contributed by atoms with Gasteiger partial charge < -0.3 is 14.4 Å². The predicted octanol–water partition coefficient (Wildman–Crippen LogP) is 7.93. The number of carbonyl (C=O) groups is 2. The van der Waals surface area contributed by atoms with E-state index in [2.05, 4.69) is 24.8 Å². The Bertz CT molecular complexity index is 924. The molecule has 2 rings (SSSR count). The Hall–Kier alpha value is -2.76. The molecule has 1 aromatic carbocycles. The maximum atomic E-state index is 13.4. The lowest BCUT2D eigenvalue weighted by Crippen LogP contribution is -2.41. The molecule has 0 aliphatic carbocycles. The Labute approximate surface area is 237 Å². The summed E-state index contributed by atoms with van der Waals surface area (Å²) in [6.07, 6.45) is 22.6. The molecule has 1 aliphatic rings. The molecule has 0 atom stereocenters. The fraction of sp³-hybridized carbons (Fsp3) is 0.636. The molecule has 0 saturated carbocycles. The number of methoxy groups -OCH3 is 1. The van der Waals surface area contributed by atoms with Crippen LogP contribution in [-0.2, 0) is 4.79 Å². The number of hydrogen-bond donors (Lipinski definition) is 0. The summed E-state index contributed by atoms with van der Waals surface area (Å²) < 4.78 is 11.5. The lowest BCUT2D eigenvalue weighted by Gasteiger charge is -2.31. The van der Waals surface area contributed by atoms with Crippen LogP contribution in [0.25, 0.3) is 0 Å². The lowest BCUT2D eigenvalue weighted by molar-refractivity contribution is -0.126. The van der Waals surface area contributed by atoms with Gasteiger partial charge in [0.1, 0.15) is 0 Å². The average molecular weight is 541 g/mol. The molecule has 0 fully saturated rings. The van der Waals surface area contributed by atoms with E-state index in [9.17, 15) is 9.59 Å². The number of hydrogen-bond acceptors (Lipinski definition) is 5. The first kappa shape index (κ1) is 32.5. The third kappa shape index (κ3) is 11.9. The van der Waals surface area contributed by atoms with Crippen LogP contribution in [0.4, 0.5) is 0 Å². The zero-order valence-corrected chi connectivity index (χ0v) is 25.0. The van der Waals surface area contributed by atoms with Gasteiger partial charge in [-0.2, -0.15) is 0 Å². The largest absolute Gasteiger partial charge is 0.493 e. The number of allylic oxidation sites excluding steroid dienone is 2. The summed E-state index contributed by atoms with van der Waals surface area (Å²) in [6.45, 7) is 8.33. The van der Waals surface area contributed by atoms with Crippen LogP contribution < -0.4 is 9.47 Å². The van der Waals surface area contributed by atoms with Crippen LogP contribution in [0.2, 0.25) is 0 Å². The van der Waals surface area contributed by atoms with Crippen molar-refractivity contribution in [3.8, 4) is 11.5 Å². The van der Waals surface area contributed by atoms with Gasteiger partial charge in [-0.1, -0.05) is 96.6 Å². The van der Waals surface area contributed by atoms with Crippen molar-refractivity contribution in [3.05, 3.63) is 47.7 Å². The van der Waals surface area contributed by atoms with Crippen LogP contribution in [0.3, 0.4) is 0 Å². The summed E-state index contributed by atoms with van der Waals surface area (Å²) in [5.41, 5.74) is 1.39. The summed E-state index contributed by atoms with van der Waals surface area (Å²) in [5.74, 6) is 0.533. The molecule has 0 bridgehead atoms. The van der Waals surface area contributed by atoms with Crippen LogP contribution in [0.1, 0.15) is 115 Å². The highest BCUT2D eigenvalue weighted by atomic mass is 16.5. The maximum absolute atomic E-state index is 13.4. The second-order valence-electron chi connectivity index (χ2n) is 10.5. The van der Waals surface area contributed by atoms with Crippen LogP contribution >= 0.6 is 0 Å². The van der Waals surface area contributed by atoms with Gasteiger partial charge in [0, 0.05) is 31.3 Å². The minimum absolute atomic E-state index is 0.250. The van der Waals surface area contributed by atoms with Crippen molar-refractivity contribution in [2.75, 3.05) is 33.4 Å². The normalized spacial score (nSPS) is 12.8. The Balaban J connectivity index is 1.83. The van der Waals surface area contributed by atoms with Gasteiger partial charge in [0.15, 0.2) is 11.5 Å². The van der Waals surface area contributed by atoms with Crippen molar-refractivity contribution < 1.29 is 19.1 Å². The van der Waals surface area contributed by atoms with E-state index in [0.29, 0.717) is 23.7 Å². The third-order valence-electron chi connectivity index (χ3n) is 7.26. The highest BCUT2D eigenvalue weighted by Gasteiger charge is 2.24. The van der Waals surface area contributed by atoms with Crippen molar-refractivity contribution in [3.63, 3.8) is 0 Å². The zero-order valence-electron chi connectivity index (χ0n) is 25.0. The summed E-state index contributed by atoms with van der Waals surface area (Å²) in [5, 5.41) is 0. The number of benzene rings is 1. The molecule has 39 heavy (non-hydrogen) atoms. The molecule has 0 aromatic heterocycles. The first-order chi connectivity index (χ1) is 19.0. The van der Waals surface area contributed by atoms with Gasteiger partial charge in [0.25, 0.3) is 5.91 Å². The van der Waals surface area contributed by atoms with E-state index in [0.717, 1.165) is 38.0 Å². The van der Waals surface area contributed by atoms with Gasteiger partial charge in [-0.05, 0) is 37.1 Å². The maximum Gasteiger partial charge on any atom is 0.260 e. The van der Waals surface area contributed by atoms with E-state index in [1.54, 1.807) is 25.3 Å². The number of carbonyl (C=O) groups excluding carboxylic acids is 2. The molecule has 1 aliphatic heterocycles. The molecule has 0 N–H and O–H groups in total. The number of unbranched alkanes of at least 4 members (excludes halogenated alkanes) is 11. The minimum Gasteiger partial charge on any atom is -0.493 e. The number of rotatable bonds is 20. The van der Waals surface area contributed by atoms with Crippen LogP contribution in [-0.4, -0.2) is 55.0 Å². The number of ether oxygens (including phenoxy) is 2. The molecule has 1 aromatic rings. The second kappa shape index (κ2) is 19.3. The van der Waals surface area contributed by atoms with E-state index in [4.69, 9.17) is 9.47 Å². The SMILES string of the molecule is CCCCCCCCCCCCCCOc1cc(C(=O)N(CC2=CC=CCN2CCC)C(C)=O)ccc1OC. The van der Waals surface area contributed by atoms with E-state index in [1.807, 2.05) is 12.2 Å². The third-order valence-corrected chi connectivity index (χ3v) is 7.26. The van der Waals surface area contributed by atoms with Gasteiger partial charge in [0.2, 0.25) is 5.91 Å². The van der Waals surface area contributed by atoms with Crippen LogP contribution in [0.5, 0.6) is 11.5 Å². The fourth-order valence-electron chi connectivity index (χ4n) is 4.94. The van der Waals surface area contributed by atoms with E-state index >= 15 is 0 Å². The topological polar surface area (TPSA) is 59.1 Å². The van der Waals surface area contributed by atoms with Gasteiger partial charge in [-0.25, -0.2) is 0 Å². The zero-order chi connectivity index (χ0) is 28.3. The van der Waals surface area contributed by atoms with Crippen molar-refractivity contribution in [1.29, 1.82) is 0 Å². The van der Waals surface area contributed by atoms with Gasteiger partial charge >= 0.3 is 0 Å². The summed E-state index contributed by atoms with van der Waals surface area (Å²) in [6, 6.07) is 5.15. The van der Waals surface area contributed by atoms with Gasteiger partial charge in [-0.15, -0.1) is 0 Å². The molecule has 0 unspecified atom stereocenters.